The van der Waals surface area contributed by atoms with Crippen LogP contribution in [0.1, 0.15) is 19.8 Å². The van der Waals surface area contributed by atoms with Crippen molar-refractivity contribution in [2.45, 2.75) is 19.8 Å². The number of aromatic nitrogens is 2. The monoisotopic (exact) mass is 376 g/mol. The standard InChI is InChI=1S/C18H24N4O3S/c1-2-15-26(24,25)21-12-6-11-20(13-14-21)17-9-10-18(23)22(19-17)16-7-4-3-5-8-16/h3-5,7-10H,2,6,11-15H2,1H3. The predicted octanol–water partition coefficient (Wildman–Crippen LogP) is 1.48. The molecule has 1 aliphatic heterocycles. The molecular weight excluding hydrogens is 352 g/mol. The van der Waals surface area contributed by atoms with Crippen LogP contribution in [0.4, 0.5) is 5.82 Å². The second-order valence-electron chi connectivity index (χ2n) is 6.33. The number of para-hydroxylation sites is 1. The number of rotatable bonds is 5. The molecule has 1 aliphatic rings. The van der Waals surface area contributed by atoms with Gasteiger partial charge in [-0.25, -0.2) is 12.7 Å². The zero-order valence-electron chi connectivity index (χ0n) is 14.9. The minimum atomic E-state index is -3.19. The Hall–Kier alpha value is -2.19. The summed E-state index contributed by atoms with van der Waals surface area (Å²) in [4.78, 5) is 14.2. The summed E-state index contributed by atoms with van der Waals surface area (Å²) in [6, 6.07) is 12.5. The number of anilines is 1. The molecule has 140 valence electrons. The summed E-state index contributed by atoms with van der Waals surface area (Å²) in [5.41, 5.74) is 0.517. The van der Waals surface area contributed by atoms with Gasteiger partial charge in [-0.1, -0.05) is 25.1 Å². The van der Waals surface area contributed by atoms with Gasteiger partial charge in [0.2, 0.25) is 10.0 Å². The third-order valence-electron chi connectivity index (χ3n) is 4.42. The van der Waals surface area contributed by atoms with E-state index in [1.165, 1.54) is 10.7 Å². The van der Waals surface area contributed by atoms with Crippen LogP contribution in [-0.4, -0.2) is 54.4 Å². The average Bonchev–Trinajstić information content (AvgIpc) is 2.90. The molecule has 26 heavy (non-hydrogen) atoms. The molecule has 0 aliphatic carbocycles. The van der Waals surface area contributed by atoms with Crippen molar-refractivity contribution >= 4 is 15.8 Å². The molecule has 0 bridgehead atoms. The summed E-state index contributed by atoms with van der Waals surface area (Å²) in [6.07, 6.45) is 1.35. The lowest BCUT2D eigenvalue weighted by molar-refractivity contribution is 0.432. The van der Waals surface area contributed by atoms with E-state index in [1.807, 2.05) is 42.2 Å². The van der Waals surface area contributed by atoms with E-state index in [2.05, 4.69) is 5.10 Å². The van der Waals surface area contributed by atoms with Gasteiger partial charge in [-0.15, -0.1) is 5.10 Å². The fraction of sp³-hybridized carbons (Fsp3) is 0.444. The SMILES string of the molecule is CCCS(=O)(=O)N1CCCN(c2ccc(=O)n(-c3ccccc3)n2)CC1. The topological polar surface area (TPSA) is 75.5 Å². The lowest BCUT2D eigenvalue weighted by Gasteiger charge is -2.23. The van der Waals surface area contributed by atoms with E-state index in [1.54, 1.807) is 10.4 Å². The van der Waals surface area contributed by atoms with Crippen LogP contribution in [-0.2, 0) is 10.0 Å². The maximum absolute atomic E-state index is 12.3. The summed E-state index contributed by atoms with van der Waals surface area (Å²) in [6.45, 7) is 4.10. The van der Waals surface area contributed by atoms with E-state index in [4.69, 9.17) is 0 Å². The van der Waals surface area contributed by atoms with E-state index in [0.717, 1.165) is 6.42 Å². The summed E-state index contributed by atoms with van der Waals surface area (Å²) in [5, 5.41) is 4.49. The van der Waals surface area contributed by atoms with Crippen molar-refractivity contribution in [2.24, 2.45) is 0 Å². The Kier molecular flexibility index (Phi) is 5.73. The first-order valence-corrected chi connectivity index (χ1v) is 10.5. The maximum atomic E-state index is 12.3. The Bertz CT molecular complexity index is 896. The number of hydrogen-bond acceptors (Lipinski definition) is 5. The largest absolute Gasteiger partial charge is 0.354 e. The van der Waals surface area contributed by atoms with Crippen LogP contribution in [0, 0.1) is 0 Å². The smallest absolute Gasteiger partial charge is 0.271 e. The second kappa shape index (κ2) is 8.01. The molecule has 0 atom stereocenters. The van der Waals surface area contributed by atoms with Crippen molar-refractivity contribution in [3.8, 4) is 5.69 Å². The highest BCUT2D eigenvalue weighted by atomic mass is 32.2. The minimum Gasteiger partial charge on any atom is -0.354 e. The van der Waals surface area contributed by atoms with Gasteiger partial charge in [-0.05, 0) is 31.0 Å². The first-order valence-electron chi connectivity index (χ1n) is 8.90. The zero-order chi connectivity index (χ0) is 18.6. The maximum Gasteiger partial charge on any atom is 0.271 e. The highest BCUT2D eigenvalue weighted by molar-refractivity contribution is 7.89. The Morgan fingerprint density at radius 1 is 1.00 bits per heavy atom. The summed E-state index contributed by atoms with van der Waals surface area (Å²) in [5.74, 6) is 0.868. The van der Waals surface area contributed by atoms with Crippen LogP contribution in [0.3, 0.4) is 0 Å². The molecule has 3 rings (SSSR count). The van der Waals surface area contributed by atoms with Gasteiger partial charge in [0.1, 0.15) is 5.82 Å². The lowest BCUT2D eigenvalue weighted by Crippen LogP contribution is -2.37. The molecular formula is C18H24N4O3S. The van der Waals surface area contributed by atoms with Gasteiger partial charge in [0.25, 0.3) is 5.56 Å². The first-order chi connectivity index (χ1) is 12.5. The van der Waals surface area contributed by atoms with Gasteiger partial charge in [0, 0.05) is 32.2 Å². The number of hydrogen-bond donors (Lipinski definition) is 0. The van der Waals surface area contributed by atoms with Crippen LogP contribution in [0.5, 0.6) is 0 Å². The molecule has 0 N–H and O–H groups in total. The minimum absolute atomic E-state index is 0.185. The Morgan fingerprint density at radius 2 is 1.77 bits per heavy atom. The van der Waals surface area contributed by atoms with E-state index in [-0.39, 0.29) is 11.3 Å². The van der Waals surface area contributed by atoms with Crippen molar-refractivity contribution in [2.75, 3.05) is 36.8 Å². The second-order valence-corrected chi connectivity index (χ2v) is 8.42. The predicted molar refractivity (Wildman–Crippen MR) is 102 cm³/mol. The van der Waals surface area contributed by atoms with E-state index < -0.39 is 10.0 Å². The number of sulfonamides is 1. The van der Waals surface area contributed by atoms with E-state index in [9.17, 15) is 13.2 Å². The van der Waals surface area contributed by atoms with Gasteiger partial charge < -0.3 is 4.90 Å². The fourth-order valence-electron chi connectivity index (χ4n) is 3.11. The fourth-order valence-corrected chi connectivity index (χ4v) is 4.65. The highest BCUT2D eigenvalue weighted by Gasteiger charge is 2.25. The van der Waals surface area contributed by atoms with Crippen LogP contribution < -0.4 is 10.5 Å². The first kappa shape index (κ1) is 18.6. The van der Waals surface area contributed by atoms with Crippen molar-refractivity contribution < 1.29 is 8.42 Å². The molecule has 0 amide bonds. The molecule has 7 nitrogen and oxygen atoms in total. The molecule has 0 unspecified atom stereocenters. The molecule has 1 aromatic heterocycles. The average molecular weight is 376 g/mol. The molecule has 0 radical (unpaired) electrons. The normalized spacial score (nSPS) is 16.4. The molecule has 0 saturated carbocycles. The van der Waals surface area contributed by atoms with Crippen molar-refractivity contribution in [3.05, 3.63) is 52.8 Å². The summed E-state index contributed by atoms with van der Waals surface area (Å²) >= 11 is 0. The van der Waals surface area contributed by atoms with Crippen LogP contribution in [0.15, 0.2) is 47.3 Å². The molecule has 0 spiro atoms. The molecule has 1 aromatic carbocycles. The molecule has 8 heteroatoms. The zero-order valence-corrected chi connectivity index (χ0v) is 15.7. The number of nitrogens with zero attached hydrogens (tertiary/aromatic N) is 4. The number of benzene rings is 1. The van der Waals surface area contributed by atoms with E-state index >= 15 is 0 Å². The Balaban J connectivity index is 1.81. The third-order valence-corrected chi connectivity index (χ3v) is 6.50. The van der Waals surface area contributed by atoms with Crippen molar-refractivity contribution in [1.82, 2.24) is 14.1 Å². The van der Waals surface area contributed by atoms with Gasteiger partial charge in [0.15, 0.2) is 0 Å². The summed E-state index contributed by atoms with van der Waals surface area (Å²) in [7, 11) is -3.19. The Morgan fingerprint density at radius 3 is 2.50 bits per heavy atom. The quantitative estimate of drug-likeness (QED) is 0.790. The van der Waals surface area contributed by atoms with Gasteiger partial charge in [-0.2, -0.15) is 4.68 Å². The molecule has 1 fully saturated rings. The van der Waals surface area contributed by atoms with Gasteiger partial charge >= 0.3 is 0 Å². The highest BCUT2D eigenvalue weighted by Crippen LogP contribution is 2.15. The Labute approximate surface area is 153 Å². The molecule has 1 saturated heterocycles. The van der Waals surface area contributed by atoms with Crippen molar-refractivity contribution in [3.63, 3.8) is 0 Å². The van der Waals surface area contributed by atoms with Crippen LogP contribution >= 0.6 is 0 Å². The lowest BCUT2D eigenvalue weighted by atomic mass is 10.3. The molecule has 2 heterocycles. The van der Waals surface area contributed by atoms with E-state index in [0.29, 0.717) is 44.1 Å². The van der Waals surface area contributed by atoms with Crippen LogP contribution in [0.2, 0.25) is 0 Å². The van der Waals surface area contributed by atoms with Gasteiger partial charge in [-0.3, -0.25) is 4.79 Å². The summed E-state index contributed by atoms with van der Waals surface area (Å²) < 4.78 is 27.6. The third kappa shape index (κ3) is 4.13. The molecule has 2 aromatic rings. The van der Waals surface area contributed by atoms with Crippen molar-refractivity contribution in [1.29, 1.82) is 0 Å². The van der Waals surface area contributed by atoms with Crippen LogP contribution in [0.25, 0.3) is 5.69 Å². The van der Waals surface area contributed by atoms with Gasteiger partial charge in [0.05, 0.1) is 11.4 Å².